The molecular formula is C10H11N9O19S. The summed E-state index contributed by atoms with van der Waals surface area (Å²) in [5.74, 6) is -7.95. The molecule has 2 aliphatic rings. The van der Waals surface area contributed by atoms with Crippen molar-refractivity contribution in [3.05, 3.63) is 62.2 Å². The molecule has 4 amide bonds. The molecule has 0 aromatic rings. The maximum absolute atomic E-state index is 11.4. The van der Waals surface area contributed by atoms with Crippen LogP contribution in [0.5, 0.6) is 0 Å². The van der Waals surface area contributed by atoms with E-state index < -0.39 is 64.3 Å². The molecule has 2 rings (SSSR count). The van der Waals surface area contributed by atoms with Crippen LogP contribution in [0.3, 0.4) is 0 Å². The number of amides is 4. The van der Waals surface area contributed by atoms with E-state index in [9.17, 15) is 59.6 Å². The molecule has 1 fully saturated rings. The molecule has 29 heteroatoms. The molecule has 0 aromatic carbocycles. The van der Waals surface area contributed by atoms with Gasteiger partial charge in [0.05, 0.1) is 0 Å². The molecule has 39 heavy (non-hydrogen) atoms. The highest BCUT2D eigenvalue weighted by molar-refractivity contribution is 7.79. The van der Waals surface area contributed by atoms with Gasteiger partial charge in [-0.2, -0.15) is 13.4 Å². The first-order chi connectivity index (χ1) is 17.5. The van der Waals surface area contributed by atoms with Gasteiger partial charge in [-0.25, -0.2) is 0 Å². The first-order valence-electron chi connectivity index (χ1n) is 8.34. The highest BCUT2D eigenvalue weighted by atomic mass is 32.3. The summed E-state index contributed by atoms with van der Waals surface area (Å²) in [5, 5.41) is 60.6. The van der Waals surface area contributed by atoms with E-state index in [1.54, 1.807) is 6.92 Å². The zero-order valence-corrected chi connectivity index (χ0v) is 19.0. The third-order valence-corrected chi connectivity index (χ3v) is 3.13. The summed E-state index contributed by atoms with van der Waals surface area (Å²) < 4.78 is 31.6. The highest BCUT2D eigenvalue weighted by Crippen LogP contribution is 2.18. The van der Waals surface area contributed by atoms with Crippen molar-refractivity contribution in [2.45, 2.75) is 19.0 Å². The first kappa shape index (κ1) is 35.3. The van der Waals surface area contributed by atoms with Crippen LogP contribution in [-0.4, -0.2) is 82.6 Å². The Morgan fingerprint density at radius 1 is 0.846 bits per heavy atom. The molecule has 0 atom stereocenters. The molecular weight excluding hydrogens is 582 g/mol. The Hall–Kier alpha value is -5.84. The molecule has 2 heterocycles. The lowest BCUT2D eigenvalue weighted by Crippen LogP contribution is -2.71. The molecule has 0 saturated carbocycles. The van der Waals surface area contributed by atoms with Gasteiger partial charge >= 0.3 is 33.7 Å². The molecule has 0 spiro atoms. The quantitative estimate of drug-likeness (QED) is 0.0589. The van der Waals surface area contributed by atoms with Crippen LogP contribution in [0.2, 0.25) is 0 Å². The number of carbonyl (C=O) groups is 4. The largest absolute Gasteiger partial charge is 0.613 e. The summed E-state index contributed by atoms with van der Waals surface area (Å²) in [7, 11) is -4.67. The Kier molecular flexibility index (Phi) is 12.7. The number of aliphatic imine (C=N–C) groups is 1. The van der Waals surface area contributed by atoms with E-state index in [-0.39, 0.29) is 18.2 Å². The number of amidine groups is 1. The molecule has 28 nitrogen and oxygen atoms in total. The van der Waals surface area contributed by atoms with Crippen LogP contribution in [-0.2, 0) is 29.6 Å². The molecule has 0 radical (unpaired) electrons. The number of nitro groups is 4. The maximum Gasteiger partial charge on any atom is 0.613 e. The molecule has 0 bridgehead atoms. The predicted octanol–water partition coefficient (Wildman–Crippen LogP) is -4.39. The van der Waals surface area contributed by atoms with Gasteiger partial charge < -0.3 is 10.5 Å². The number of nitrogens with one attached hydrogen (secondary N) is 3. The Balaban J connectivity index is 0. The van der Waals surface area contributed by atoms with Crippen LogP contribution in [0.4, 0.5) is 0 Å². The topological polar surface area (TPSA) is 427 Å². The van der Waals surface area contributed by atoms with Gasteiger partial charge in [-0.15, -0.1) is 10.1 Å². The van der Waals surface area contributed by atoms with E-state index >= 15 is 0 Å². The monoisotopic (exact) mass is 593 g/mol. The van der Waals surface area contributed by atoms with Gasteiger partial charge in [0.2, 0.25) is 5.91 Å². The van der Waals surface area contributed by atoms with Gasteiger partial charge in [-0.3, -0.25) is 79.4 Å². The maximum atomic E-state index is 11.4. The lowest BCUT2D eigenvalue weighted by atomic mass is 10.1. The zero-order valence-electron chi connectivity index (χ0n) is 18.2. The van der Waals surface area contributed by atoms with Crippen molar-refractivity contribution >= 4 is 39.9 Å². The van der Waals surface area contributed by atoms with Crippen molar-refractivity contribution in [3.63, 3.8) is 0 Å². The molecule has 6 N–H and O–H groups in total. The first-order valence-corrected chi connectivity index (χ1v) is 9.74. The lowest BCUT2D eigenvalue weighted by molar-refractivity contribution is -0.756. The molecule has 216 valence electrons. The summed E-state index contributed by atoms with van der Waals surface area (Å²) >= 11 is 0. The number of carbonyl (C=O) groups excluding carboxylic acids is 4. The van der Waals surface area contributed by atoms with Crippen LogP contribution in [0, 0.1) is 50.6 Å². The Morgan fingerprint density at radius 3 is 1.41 bits per heavy atom. The fourth-order valence-corrected chi connectivity index (χ4v) is 1.93. The van der Waals surface area contributed by atoms with Gasteiger partial charge in [-0.1, -0.05) is 0 Å². The predicted molar refractivity (Wildman–Crippen MR) is 108 cm³/mol. The van der Waals surface area contributed by atoms with E-state index in [1.807, 2.05) is 0 Å². The van der Waals surface area contributed by atoms with Gasteiger partial charge in [0.1, 0.15) is 31.9 Å². The third kappa shape index (κ3) is 11.6. The standard InChI is InChI=1S/C5H2N6O10.C5H6N2O2.HNO3.H2O4S/c12-3-5(10(18)19,11(20)21)4(13)7-1(6-3)2(8(14)15)9(16)17;1-3-6-4(8)2-5(9)7-3;2-1(3)4;1-5(2,3)4/h(H,6,12)(H,7,13);2H2,1H3,(H,6,7,8,9);(H,2,3,4);(H2,1,2,3,4). The van der Waals surface area contributed by atoms with Gasteiger partial charge in [0.25, 0.3) is 16.8 Å². The van der Waals surface area contributed by atoms with Crippen LogP contribution in [0.15, 0.2) is 16.6 Å². The lowest BCUT2D eigenvalue weighted by Gasteiger charge is -2.20. The Morgan fingerprint density at radius 2 is 1.18 bits per heavy atom. The van der Waals surface area contributed by atoms with E-state index in [4.69, 9.17) is 32.8 Å². The fraction of sp³-hybridized carbons (Fsp3) is 0.300. The number of rotatable bonds is 4. The summed E-state index contributed by atoms with van der Waals surface area (Å²) in [6.07, 6.45) is -0.114. The van der Waals surface area contributed by atoms with Gasteiger partial charge in [0.15, 0.2) is 0 Å². The van der Waals surface area contributed by atoms with E-state index in [0.717, 1.165) is 0 Å². The van der Waals surface area contributed by atoms with Gasteiger partial charge in [0, 0.05) is 0 Å². The van der Waals surface area contributed by atoms with Crippen molar-refractivity contribution in [1.82, 2.24) is 16.0 Å². The molecule has 0 aliphatic carbocycles. The Labute approximate surface area is 209 Å². The summed E-state index contributed by atoms with van der Waals surface area (Å²) in [5.41, 5.74) is -4.00. The van der Waals surface area contributed by atoms with Crippen molar-refractivity contribution < 1.29 is 66.7 Å². The van der Waals surface area contributed by atoms with Crippen LogP contribution >= 0.6 is 0 Å². The average Bonchev–Trinajstić information content (AvgIpc) is 2.64. The smallest absolute Gasteiger partial charge is 0.328 e. The van der Waals surface area contributed by atoms with Crippen LogP contribution in [0.25, 0.3) is 0 Å². The van der Waals surface area contributed by atoms with Crippen molar-refractivity contribution in [3.8, 4) is 0 Å². The molecule has 0 unspecified atom stereocenters. The molecule has 0 aromatic heterocycles. The van der Waals surface area contributed by atoms with E-state index in [2.05, 4.69) is 10.3 Å². The highest BCUT2D eigenvalue weighted by Gasteiger charge is 2.75. The van der Waals surface area contributed by atoms with Crippen LogP contribution < -0.4 is 16.0 Å². The van der Waals surface area contributed by atoms with E-state index in [0.29, 0.717) is 5.84 Å². The second-order valence-corrected chi connectivity index (χ2v) is 6.70. The summed E-state index contributed by atoms with van der Waals surface area (Å²) in [6, 6.07) is 0. The fourth-order valence-electron chi connectivity index (χ4n) is 1.93. The van der Waals surface area contributed by atoms with Crippen LogP contribution in [0.1, 0.15) is 13.3 Å². The normalized spacial score (nSPS) is 15.4. The minimum Gasteiger partial charge on any atom is -0.328 e. The van der Waals surface area contributed by atoms with E-state index in [1.165, 1.54) is 10.6 Å². The second-order valence-electron chi connectivity index (χ2n) is 5.81. The zero-order chi connectivity index (χ0) is 31.5. The van der Waals surface area contributed by atoms with Crippen molar-refractivity contribution in [2.24, 2.45) is 4.99 Å². The van der Waals surface area contributed by atoms with Crippen molar-refractivity contribution in [1.29, 1.82) is 0 Å². The average molecular weight is 593 g/mol. The van der Waals surface area contributed by atoms with Gasteiger partial charge in [-0.05, 0) is 6.92 Å². The third-order valence-electron chi connectivity index (χ3n) is 3.13. The minimum absolute atomic E-state index is 0.114. The SMILES string of the molecule is CC1=NC(=O)CC(=O)N1.O=C1NC(=C([N+](=O)[O-])[N+](=O)[O-])NC(=O)C1([N+](=O)[O-])[N+](=O)[O-].O=S(=O)(O)O.O=[N+]([O-])O. The molecule has 1 saturated heterocycles. The summed E-state index contributed by atoms with van der Waals surface area (Å²) in [4.78, 5) is 90.8. The number of nitrogens with zero attached hydrogens (tertiary/aromatic N) is 6. The summed E-state index contributed by atoms with van der Waals surface area (Å²) in [6.45, 7) is 1.58. The molecule has 2 aliphatic heterocycles. The Bertz CT molecular complexity index is 1220. The minimum atomic E-state index is -4.67. The number of hydrogen-bond donors (Lipinski definition) is 6. The second kappa shape index (κ2) is 14.0. The number of hydrogen-bond acceptors (Lipinski definition) is 16. The van der Waals surface area contributed by atoms with Crippen molar-refractivity contribution in [2.75, 3.05) is 0 Å².